The van der Waals surface area contributed by atoms with Crippen molar-refractivity contribution in [3.05, 3.63) is 33.9 Å². The summed E-state index contributed by atoms with van der Waals surface area (Å²) in [5.74, 6) is -0.236. The highest BCUT2D eigenvalue weighted by Gasteiger charge is 2.22. The quantitative estimate of drug-likeness (QED) is 0.627. The standard InChI is InChI=1S/C13H20N4O3/c1-14-12-10(6-5-7-11(12)17(19)20)13(18)16(4)9-8-15(2)3/h5-7,14H,8-9H2,1-4H3. The summed E-state index contributed by atoms with van der Waals surface area (Å²) in [6, 6.07) is 4.49. The molecule has 0 atom stereocenters. The van der Waals surface area contributed by atoms with Crippen LogP contribution in [-0.4, -0.2) is 61.9 Å². The van der Waals surface area contributed by atoms with Crippen molar-refractivity contribution >= 4 is 17.3 Å². The molecule has 0 aliphatic rings. The Hall–Kier alpha value is -2.15. The molecule has 0 aliphatic carbocycles. The Morgan fingerprint density at radius 1 is 1.30 bits per heavy atom. The first-order valence-corrected chi connectivity index (χ1v) is 6.23. The normalized spacial score (nSPS) is 10.4. The molecule has 0 bridgehead atoms. The van der Waals surface area contributed by atoms with Crippen molar-refractivity contribution in [3.8, 4) is 0 Å². The van der Waals surface area contributed by atoms with Gasteiger partial charge in [0.05, 0.1) is 10.5 Å². The molecule has 0 radical (unpaired) electrons. The van der Waals surface area contributed by atoms with Gasteiger partial charge in [0.2, 0.25) is 0 Å². The second kappa shape index (κ2) is 6.85. The molecule has 0 spiro atoms. The van der Waals surface area contributed by atoms with E-state index in [4.69, 9.17) is 0 Å². The zero-order chi connectivity index (χ0) is 15.3. The van der Waals surface area contributed by atoms with E-state index in [2.05, 4.69) is 5.32 Å². The van der Waals surface area contributed by atoms with E-state index in [9.17, 15) is 14.9 Å². The summed E-state index contributed by atoms with van der Waals surface area (Å²) in [5, 5.41) is 13.7. The highest BCUT2D eigenvalue weighted by Crippen LogP contribution is 2.28. The van der Waals surface area contributed by atoms with Gasteiger partial charge in [-0.3, -0.25) is 14.9 Å². The summed E-state index contributed by atoms with van der Waals surface area (Å²) >= 11 is 0. The number of carbonyl (C=O) groups excluding carboxylic acids is 1. The lowest BCUT2D eigenvalue weighted by Crippen LogP contribution is -2.33. The van der Waals surface area contributed by atoms with Crippen molar-refractivity contribution in [2.75, 3.05) is 46.6 Å². The molecule has 1 aromatic rings. The van der Waals surface area contributed by atoms with Gasteiger partial charge in [-0.05, 0) is 20.2 Å². The lowest BCUT2D eigenvalue weighted by molar-refractivity contribution is -0.384. The van der Waals surface area contributed by atoms with Crippen LogP contribution in [0, 0.1) is 10.1 Å². The predicted molar refractivity (Wildman–Crippen MR) is 78.2 cm³/mol. The molecule has 0 unspecified atom stereocenters. The summed E-state index contributed by atoms with van der Waals surface area (Å²) < 4.78 is 0. The van der Waals surface area contributed by atoms with Gasteiger partial charge < -0.3 is 15.1 Å². The summed E-state index contributed by atoms with van der Waals surface area (Å²) in [6.45, 7) is 1.28. The van der Waals surface area contributed by atoms with Gasteiger partial charge in [0, 0.05) is 33.3 Å². The average Bonchev–Trinajstić information content (AvgIpc) is 2.42. The smallest absolute Gasteiger partial charge is 0.293 e. The number of likely N-dealkylation sites (N-methyl/N-ethyl adjacent to an activating group) is 2. The number of para-hydroxylation sites is 1. The molecule has 1 rings (SSSR count). The number of hydrogen-bond acceptors (Lipinski definition) is 5. The number of benzene rings is 1. The molecule has 0 saturated carbocycles. The van der Waals surface area contributed by atoms with Crippen molar-refractivity contribution in [2.24, 2.45) is 0 Å². The largest absolute Gasteiger partial charge is 0.382 e. The monoisotopic (exact) mass is 280 g/mol. The zero-order valence-electron chi connectivity index (χ0n) is 12.2. The van der Waals surface area contributed by atoms with Gasteiger partial charge in [0.1, 0.15) is 5.69 Å². The van der Waals surface area contributed by atoms with Crippen LogP contribution >= 0.6 is 0 Å². The first-order chi connectivity index (χ1) is 9.38. The highest BCUT2D eigenvalue weighted by molar-refractivity contribution is 6.01. The molecular weight excluding hydrogens is 260 g/mol. The Labute approximate surface area is 118 Å². The molecule has 0 aromatic heterocycles. The van der Waals surface area contributed by atoms with Crippen LogP contribution in [0.5, 0.6) is 0 Å². The van der Waals surface area contributed by atoms with Crippen molar-refractivity contribution in [3.63, 3.8) is 0 Å². The van der Waals surface area contributed by atoms with Crippen LogP contribution in [0.1, 0.15) is 10.4 Å². The molecule has 0 saturated heterocycles. The number of nitro benzene ring substituents is 1. The van der Waals surface area contributed by atoms with E-state index in [1.807, 2.05) is 19.0 Å². The maximum absolute atomic E-state index is 12.4. The molecule has 1 aromatic carbocycles. The molecule has 0 heterocycles. The highest BCUT2D eigenvalue weighted by atomic mass is 16.6. The fourth-order valence-corrected chi connectivity index (χ4v) is 1.79. The molecule has 1 amide bonds. The SMILES string of the molecule is CNc1c(C(=O)N(C)CCN(C)C)cccc1[N+](=O)[O-]. The van der Waals surface area contributed by atoms with Gasteiger partial charge in [0.25, 0.3) is 11.6 Å². The van der Waals surface area contributed by atoms with E-state index in [0.717, 1.165) is 6.54 Å². The van der Waals surface area contributed by atoms with Crippen molar-refractivity contribution in [1.82, 2.24) is 9.80 Å². The van der Waals surface area contributed by atoms with Crippen molar-refractivity contribution < 1.29 is 9.72 Å². The van der Waals surface area contributed by atoms with E-state index in [1.165, 1.54) is 12.1 Å². The number of nitrogens with zero attached hydrogens (tertiary/aromatic N) is 3. The Morgan fingerprint density at radius 2 is 1.95 bits per heavy atom. The average molecular weight is 280 g/mol. The summed E-state index contributed by atoms with van der Waals surface area (Å²) in [7, 11) is 7.10. The van der Waals surface area contributed by atoms with E-state index < -0.39 is 4.92 Å². The first kappa shape index (κ1) is 15.9. The van der Waals surface area contributed by atoms with Crippen LogP contribution in [-0.2, 0) is 0 Å². The molecule has 110 valence electrons. The number of amides is 1. The lowest BCUT2D eigenvalue weighted by atomic mass is 10.1. The van der Waals surface area contributed by atoms with E-state index in [0.29, 0.717) is 12.1 Å². The molecule has 7 heteroatoms. The maximum atomic E-state index is 12.4. The van der Waals surface area contributed by atoms with Gasteiger partial charge in [-0.25, -0.2) is 0 Å². The zero-order valence-corrected chi connectivity index (χ0v) is 12.2. The van der Waals surface area contributed by atoms with Crippen molar-refractivity contribution in [1.29, 1.82) is 0 Å². The number of hydrogen-bond donors (Lipinski definition) is 1. The van der Waals surface area contributed by atoms with E-state index in [1.54, 1.807) is 25.1 Å². The third kappa shape index (κ3) is 3.67. The van der Waals surface area contributed by atoms with Crippen LogP contribution in [0.4, 0.5) is 11.4 Å². The van der Waals surface area contributed by atoms with Crippen LogP contribution in [0.25, 0.3) is 0 Å². The fraction of sp³-hybridized carbons (Fsp3) is 0.462. The Morgan fingerprint density at radius 3 is 2.45 bits per heavy atom. The number of carbonyl (C=O) groups is 1. The third-order valence-electron chi connectivity index (χ3n) is 2.95. The Balaban J connectivity index is 3.03. The van der Waals surface area contributed by atoms with Gasteiger partial charge in [0.15, 0.2) is 0 Å². The van der Waals surface area contributed by atoms with Crippen LogP contribution in [0.2, 0.25) is 0 Å². The topological polar surface area (TPSA) is 78.7 Å². The minimum absolute atomic E-state index is 0.0978. The second-order valence-corrected chi connectivity index (χ2v) is 4.74. The van der Waals surface area contributed by atoms with Gasteiger partial charge in [-0.1, -0.05) is 6.07 Å². The fourth-order valence-electron chi connectivity index (χ4n) is 1.79. The molecule has 7 nitrogen and oxygen atoms in total. The number of rotatable bonds is 6. The van der Waals surface area contributed by atoms with Crippen molar-refractivity contribution in [2.45, 2.75) is 0 Å². The lowest BCUT2D eigenvalue weighted by Gasteiger charge is -2.20. The van der Waals surface area contributed by atoms with Gasteiger partial charge in [-0.2, -0.15) is 0 Å². The maximum Gasteiger partial charge on any atom is 0.293 e. The number of nitrogens with one attached hydrogen (secondary N) is 1. The van der Waals surface area contributed by atoms with E-state index >= 15 is 0 Å². The van der Waals surface area contributed by atoms with Crippen LogP contribution in [0.15, 0.2) is 18.2 Å². The van der Waals surface area contributed by atoms with E-state index in [-0.39, 0.29) is 17.3 Å². The molecule has 0 fully saturated rings. The first-order valence-electron chi connectivity index (χ1n) is 6.23. The van der Waals surface area contributed by atoms with Crippen LogP contribution < -0.4 is 5.32 Å². The second-order valence-electron chi connectivity index (χ2n) is 4.74. The molecule has 20 heavy (non-hydrogen) atoms. The number of nitro groups is 1. The predicted octanol–water partition coefficient (Wildman–Crippen LogP) is 1.27. The summed E-state index contributed by atoms with van der Waals surface area (Å²) in [5.41, 5.74) is 0.460. The minimum atomic E-state index is -0.498. The van der Waals surface area contributed by atoms with Gasteiger partial charge in [-0.15, -0.1) is 0 Å². The third-order valence-corrected chi connectivity index (χ3v) is 2.95. The van der Waals surface area contributed by atoms with Crippen LogP contribution in [0.3, 0.4) is 0 Å². The number of anilines is 1. The molecule has 0 aliphatic heterocycles. The van der Waals surface area contributed by atoms with Gasteiger partial charge >= 0.3 is 0 Å². The Kier molecular flexibility index (Phi) is 5.45. The molecule has 1 N–H and O–H groups in total. The Bertz CT molecular complexity index is 502. The summed E-state index contributed by atoms with van der Waals surface area (Å²) in [4.78, 5) is 26.4. The molecular formula is C13H20N4O3. The summed E-state index contributed by atoms with van der Waals surface area (Å²) in [6.07, 6.45) is 0. The minimum Gasteiger partial charge on any atom is -0.382 e.